The highest BCUT2D eigenvalue weighted by Gasteiger charge is 2.58. The summed E-state index contributed by atoms with van der Waals surface area (Å²) in [4.78, 5) is 26.8. The van der Waals surface area contributed by atoms with Crippen molar-refractivity contribution >= 4 is 29.3 Å². The summed E-state index contributed by atoms with van der Waals surface area (Å²) in [6, 6.07) is 10.9. The van der Waals surface area contributed by atoms with Crippen molar-refractivity contribution in [2.24, 2.45) is 5.73 Å². The number of nitrogens with zero attached hydrogens (tertiary/aromatic N) is 2. The number of urea groups is 1. The van der Waals surface area contributed by atoms with E-state index in [4.69, 9.17) is 28.0 Å². The number of nitrogens with one attached hydrogen (secondary N) is 3. The van der Waals surface area contributed by atoms with Gasteiger partial charge in [0.1, 0.15) is 5.82 Å². The molecule has 0 aromatic heterocycles. The number of halogens is 4. The third-order valence-electron chi connectivity index (χ3n) is 6.40. The molecule has 2 aliphatic rings. The van der Waals surface area contributed by atoms with Gasteiger partial charge >= 0.3 is 6.03 Å². The zero-order valence-electron chi connectivity index (χ0n) is 19.4. The summed E-state index contributed by atoms with van der Waals surface area (Å²) in [7, 11) is 0. The van der Waals surface area contributed by atoms with Gasteiger partial charge in [-0.05, 0) is 35.9 Å². The van der Waals surface area contributed by atoms with Crippen molar-refractivity contribution < 1.29 is 22.8 Å². The van der Waals surface area contributed by atoms with Crippen molar-refractivity contribution in [3.05, 3.63) is 81.3 Å². The molecule has 0 radical (unpaired) electrons. The Hall–Kier alpha value is -4.04. The molecule has 0 spiro atoms. The summed E-state index contributed by atoms with van der Waals surface area (Å²) in [5.74, 6) is -4.59. The number of nitriles is 1. The Morgan fingerprint density at radius 2 is 1.86 bits per heavy atom. The molecule has 2 aromatic rings. The lowest BCUT2D eigenvalue weighted by molar-refractivity contribution is -0.134. The van der Waals surface area contributed by atoms with Gasteiger partial charge in [-0.2, -0.15) is 5.26 Å². The number of alkyl halides is 2. The monoisotopic (exact) mass is 530 g/mol. The fourth-order valence-electron chi connectivity index (χ4n) is 4.57. The molecule has 1 saturated heterocycles. The summed E-state index contributed by atoms with van der Waals surface area (Å²) in [5.41, 5.74) is 4.84. The Labute approximate surface area is 215 Å². The second-order valence-electron chi connectivity index (χ2n) is 8.98. The Balaban J connectivity index is 1.58. The van der Waals surface area contributed by atoms with Gasteiger partial charge in [0.05, 0.1) is 40.0 Å². The molecule has 4 rings (SSSR count). The van der Waals surface area contributed by atoms with Crippen LogP contribution in [0.3, 0.4) is 0 Å². The van der Waals surface area contributed by atoms with Gasteiger partial charge in [-0.3, -0.25) is 10.2 Å². The van der Waals surface area contributed by atoms with Crippen molar-refractivity contribution in [2.75, 3.05) is 19.6 Å². The summed E-state index contributed by atoms with van der Waals surface area (Å²) in [6.07, 6.45) is -1.20. The van der Waals surface area contributed by atoms with E-state index in [1.54, 1.807) is 0 Å². The third kappa shape index (κ3) is 5.24. The number of primary amides is 1. The number of rotatable bonds is 5. The highest BCUT2D eigenvalue weighted by atomic mass is 35.5. The maximum Gasteiger partial charge on any atom is 0.318 e. The largest absolute Gasteiger partial charge is 0.384 e. The smallest absolute Gasteiger partial charge is 0.318 e. The molecule has 5 N–H and O–H groups in total. The SMILES string of the molecule is N#Cc1ccc(C2(NC(=O)N3CCN/C(=C(\C(=N)c4ccc(F)c(Cl)c4)C(N)=O)C3)CC(F)(F)C2)cc1. The Morgan fingerprint density at radius 3 is 2.43 bits per heavy atom. The molecule has 2 fully saturated rings. The Morgan fingerprint density at radius 1 is 1.19 bits per heavy atom. The molecule has 0 unspecified atom stereocenters. The number of carbonyl (C=O) groups excluding carboxylic acids is 2. The van der Waals surface area contributed by atoms with Crippen molar-refractivity contribution in [3.63, 3.8) is 0 Å². The van der Waals surface area contributed by atoms with Gasteiger partial charge in [0.25, 0.3) is 11.8 Å². The highest BCUT2D eigenvalue weighted by Crippen LogP contribution is 2.51. The van der Waals surface area contributed by atoms with E-state index in [-0.39, 0.29) is 47.2 Å². The molecular formula is C25H22ClF3N6O2. The van der Waals surface area contributed by atoms with Crippen LogP contribution >= 0.6 is 11.6 Å². The van der Waals surface area contributed by atoms with Crippen LogP contribution in [-0.2, 0) is 10.3 Å². The molecule has 1 saturated carbocycles. The van der Waals surface area contributed by atoms with Crippen LogP contribution in [-0.4, -0.2) is 48.1 Å². The topological polar surface area (TPSA) is 135 Å². The summed E-state index contributed by atoms with van der Waals surface area (Å²) in [6.45, 7) is 0.245. The maximum absolute atomic E-state index is 14.0. The van der Waals surface area contributed by atoms with E-state index < -0.39 is 42.1 Å². The molecule has 1 heterocycles. The van der Waals surface area contributed by atoms with Crippen LogP contribution in [0.2, 0.25) is 5.02 Å². The van der Waals surface area contributed by atoms with Crippen LogP contribution in [0.25, 0.3) is 0 Å². The van der Waals surface area contributed by atoms with Gasteiger partial charge in [-0.1, -0.05) is 23.7 Å². The van der Waals surface area contributed by atoms with Crippen LogP contribution in [0.15, 0.2) is 53.7 Å². The average Bonchev–Trinajstić information content (AvgIpc) is 2.84. The fraction of sp³-hybridized carbons (Fsp3) is 0.280. The van der Waals surface area contributed by atoms with Gasteiger partial charge in [-0.15, -0.1) is 0 Å². The second kappa shape index (κ2) is 9.78. The van der Waals surface area contributed by atoms with E-state index in [0.29, 0.717) is 11.1 Å². The number of piperazine rings is 1. The zero-order valence-corrected chi connectivity index (χ0v) is 20.1. The minimum absolute atomic E-state index is 0.146. The van der Waals surface area contributed by atoms with Crippen molar-refractivity contribution in [3.8, 4) is 6.07 Å². The molecule has 0 atom stereocenters. The van der Waals surface area contributed by atoms with Crippen molar-refractivity contribution in [2.45, 2.75) is 24.3 Å². The van der Waals surface area contributed by atoms with Crippen LogP contribution in [0, 0.1) is 22.6 Å². The van der Waals surface area contributed by atoms with E-state index in [9.17, 15) is 22.8 Å². The molecule has 1 aliphatic heterocycles. The summed E-state index contributed by atoms with van der Waals surface area (Å²) >= 11 is 5.81. The predicted molar refractivity (Wildman–Crippen MR) is 130 cm³/mol. The number of hydrogen-bond acceptors (Lipinski definition) is 5. The van der Waals surface area contributed by atoms with Gasteiger partial charge in [0, 0.05) is 37.2 Å². The summed E-state index contributed by atoms with van der Waals surface area (Å²) < 4.78 is 41.5. The maximum atomic E-state index is 14.0. The van der Waals surface area contributed by atoms with Gasteiger partial charge in [0.15, 0.2) is 0 Å². The molecule has 37 heavy (non-hydrogen) atoms. The number of nitrogens with two attached hydrogens (primary N) is 1. The highest BCUT2D eigenvalue weighted by molar-refractivity contribution is 6.32. The Kier molecular flexibility index (Phi) is 6.88. The van der Waals surface area contributed by atoms with Crippen LogP contribution in [0.4, 0.5) is 18.0 Å². The minimum atomic E-state index is -2.96. The summed E-state index contributed by atoms with van der Waals surface area (Å²) in [5, 5.41) is 22.9. The van der Waals surface area contributed by atoms with Gasteiger partial charge in [0.2, 0.25) is 0 Å². The number of benzene rings is 2. The molecule has 8 nitrogen and oxygen atoms in total. The van der Waals surface area contributed by atoms with Crippen LogP contribution < -0.4 is 16.4 Å². The van der Waals surface area contributed by atoms with Crippen molar-refractivity contribution in [1.82, 2.24) is 15.5 Å². The first-order valence-electron chi connectivity index (χ1n) is 11.2. The first-order chi connectivity index (χ1) is 17.4. The lowest BCUT2D eigenvalue weighted by Crippen LogP contribution is -2.63. The molecule has 0 bridgehead atoms. The van der Waals surface area contributed by atoms with E-state index in [0.717, 1.165) is 6.07 Å². The third-order valence-corrected chi connectivity index (χ3v) is 6.69. The van der Waals surface area contributed by atoms with Crippen LogP contribution in [0.1, 0.15) is 29.5 Å². The van der Waals surface area contributed by atoms with Gasteiger partial charge in [-0.25, -0.2) is 18.0 Å². The molecule has 1 aliphatic carbocycles. The lowest BCUT2D eigenvalue weighted by atomic mass is 9.69. The number of hydrogen-bond donors (Lipinski definition) is 4. The lowest BCUT2D eigenvalue weighted by Gasteiger charge is -2.49. The zero-order chi connectivity index (χ0) is 27.0. The molecular weight excluding hydrogens is 509 g/mol. The van der Waals surface area contributed by atoms with Crippen LogP contribution in [0.5, 0.6) is 0 Å². The standard InChI is InChI=1S/C25H22ClF3N6O2/c26-17-9-15(3-6-18(17)27)21(31)20(22(32)36)19-11-35(8-7-33-19)23(37)34-24(12-25(28,29)13-24)16-4-1-14(10-30)2-5-16/h1-6,9,31,33H,7-8,11-13H2,(H2,32,36)(H,34,37)/b20-19+,31-21?. The molecule has 3 amide bonds. The van der Waals surface area contributed by atoms with Gasteiger partial charge < -0.3 is 21.3 Å². The fourth-order valence-corrected chi connectivity index (χ4v) is 4.75. The predicted octanol–water partition coefficient (Wildman–Crippen LogP) is 3.40. The molecule has 192 valence electrons. The quantitative estimate of drug-likeness (QED) is 0.348. The van der Waals surface area contributed by atoms with E-state index in [2.05, 4.69) is 10.6 Å². The first-order valence-corrected chi connectivity index (χ1v) is 11.6. The average molecular weight is 531 g/mol. The van der Waals surface area contributed by atoms with E-state index >= 15 is 0 Å². The number of carbonyl (C=O) groups is 2. The van der Waals surface area contributed by atoms with E-state index in [1.165, 1.54) is 41.3 Å². The molecule has 2 aromatic carbocycles. The molecule has 12 heteroatoms. The normalized spacial score (nSPS) is 19.1. The van der Waals surface area contributed by atoms with E-state index in [1.807, 2.05) is 6.07 Å². The number of amides is 3. The minimum Gasteiger partial charge on any atom is -0.384 e. The second-order valence-corrected chi connectivity index (χ2v) is 9.39. The first kappa shape index (κ1) is 26.0. The van der Waals surface area contributed by atoms with Crippen molar-refractivity contribution in [1.29, 1.82) is 10.7 Å². The Bertz CT molecular complexity index is 1350.